The lowest BCUT2D eigenvalue weighted by atomic mass is 10.2. The molecule has 0 aliphatic carbocycles. The fourth-order valence-corrected chi connectivity index (χ4v) is 2.57. The van der Waals surface area contributed by atoms with E-state index in [1.165, 1.54) is 0 Å². The van der Waals surface area contributed by atoms with Crippen LogP contribution in [0, 0.1) is 0 Å². The third-order valence-corrected chi connectivity index (χ3v) is 3.65. The normalized spacial score (nSPS) is 11.0. The minimum absolute atomic E-state index is 0.275. The van der Waals surface area contributed by atoms with Gasteiger partial charge in [0.2, 0.25) is 0 Å². The molecule has 0 aliphatic rings. The molecule has 0 radical (unpaired) electrons. The summed E-state index contributed by atoms with van der Waals surface area (Å²) in [7, 11) is 0. The predicted molar refractivity (Wildman–Crippen MR) is 89.3 cm³/mol. The number of aromatic nitrogens is 4. The third kappa shape index (κ3) is 2.17. The highest BCUT2D eigenvalue weighted by molar-refractivity contribution is 5.90. The van der Waals surface area contributed by atoms with E-state index in [2.05, 4.69) is 15.1 Å². The zero-order chi connectivity index (χ0) is 15.8. The number of nitrogens with one attached hydrogen (secondary N) is 1. The topological polar surface area (TPSA) is 89.6 Å². The molecule has 6 heteroatoms. The maximum atomic E-state index is 12.4. The first kappa shape index (κ1) is 13.3. The first-order chi connectivity index (χ1) is 11.2. The molecule has 0 saturated carbocycles. The predicted octanol–water partition coefficient (Wildman–Crippen LogP) is 2.36. The second-order valence-corrected chi connectivity index (χ2v) is 5.12. The molecule has 0 spiro atoms. The molecule has 3 heterocycles. The molecular formula is C17H13N5O. The minimum atomic E-state index is -0.275. The van der Waals surface area contributed by atoms with Crippen molar-refractivity contribution >= 4 is 16.7 Å². The molecule has 0 unspecified atom stereocenters. The lowest BCUT2D eigenvalue weighted by Gasteiger charge is -2.02. The number of hydrogen-bond donors (Lipinski definition) is 2. The number of rotatable bonds is 2. The van der Waals surface area contributed by atoms with Crippen LogP contribution in [0.5, 0.6) is 0 Å². The molecule has 0 aliphatic heterocycles. The quantitative estimate of drug-likeness (QED) is 0.595. The Bertz CT molecular complexity index is 1040. The number of nitrogens with two attached hydrogens (primary N) is 1. The Morgan fingerprint density at radius 3 is 2.57 bits per heavy atom. The van der Waals surface area contributed by atoms with Crippen molar-refractivity contribution in [1.82, 2.24) is 19.7 Å². The Hall–Kier alpha value is -3.41. The van der Waals surface area contributed by atoms with Gasteiger partial charge in [-0.1, -0.05) is 24.3 Å². The second-order valence-electron chi connectivity index (χ2n) is 5.12. The van der Waals surface area contributed by atoms with E-state index >= 15 is 0 Å². The first-order valence-electron chi connectivity index (χ1n) is 7.12. The van der Waals surface area contributed by atoms with Gasteiger partial charge in [0.1, 0.15) is 16.7 Å². The van der Waals surface area contributed by atoms with Gasteiger partial charge in [-0.25, -0.2) is 4.68 Å². The van der Waals surface area contributed by atoms with E-state index in [0.717, 1.165) is 5.69 Å². The second kappa shape index (κ2) is 5.10. The van der Waals surface area contributed by atoms with E-state index < -0.39 is 0 Å². The fraction of sp³-hybridized carbons (Fsp3) is 0. The summed E-state index contributed by atoms with van der Waals surface area (Å²) in [5.74, 6) is 0.319. The van der Waals surface area contributed by atoms with Crippen LogP contribution in [0.15, 0.2) is 65.6 Å². The summed E-state index contributed by atoms with van der Waals surface area (Å²) >= 11 is 0. The Kier molecular flexibility index (Phi) is 2.94. The summed E-state index contributed by atoms with van der Waals surface area (Å²) < 4.78 is 1.57. The van der Waals surface area contributed by atoms with Crippen LogP contribution in [-0.2, 0) is 0 Å². The maximum Gasteiger partial charge on any atom is 0.261 e. The van der Waals surface area contributed by atoms with Gasteiger partial charge in [-0.15, -0.1) is 0 Å². The number of benzene rings is 1. The number of para-hydroxylation sites is 1. The van der Waals surface area contributed by atoms with E-state index in [1.807, 2.05) is 48.5 Å². The molecule has 6 nitrogen and oxygen atoms in total. The molecule has 4 aromatic rings. The highest BCUT2D eigenvalue weighted by Crippen LogP contribution is 2.23. The van der Waals surface area contributed by atoms with Crippen molar-refractivity contribution in [3.05, 3.63) is 71.1 Å². The Morgan fingerprint density at radius 2 is 1.83 bits per heavy atom. The molecule has 0 saturated heterocycles. The average molecular weight is 303 g/mol. The van der Waals surface area contributed by atoms with Gasteiger partial charge in [0, 0.05) is 6.20 Å². The summed E-state index contributed by atoms with van der Waals surface area (Å²) in [6.07, 6.45) is 1.68. The molecule has 1 aromatic carbocycles. The fourth-order valence-electron chi connectivity index (χ4n) is 2.57. The maximum absolute atomic E-state index is 12.4. The number of H-pyrrole nitrogens is 1. The Balaban J connectivity index is 1.97. The zero-order valence-corrected chi connectivity index (χ0v) is 12.1. The Labute approximate surface area is 131 Å². The SMILES string of the molecule is Nc1c2c(=O)[nH]c(-c3ccccn3)cc2nn1-c1ccccc1. The van der Waals surface area contributed by atoms with Gasteiger partial charge < -0.3 is 10.7 Å². The molecule has 112 valence electrons. The van der Waals surface area contributed by atoms with Crippen molar-refractivity contribution in [2.75, 3.05) is 5.73 Å². The third-order valence-electron chi connectivity index (χ3n) is 3.65. The van der Waals surface area contributed by atoms with E-state index in [0.29, 0.717) is 28.1 Å². The van der Waals surface area contributed by atoms with Gasteiger partial charge in [-0.3, -0.25) is 9.78 Å². The zero-order valence-electron chi connectivity index (χ0n) is 12.1. The number of hydrogen-bond acceptors (Lipinski definition) is 4. The molecule has 4 rings (SSSR count). The van der Waals surface area contributed by atoms with Crippen LogP contribution >= 0.6 is 0 Å². The number of anilines is 1. The summed E-state index contributed by atoms with van der Waals surface area (Å²) in [4.78, 5) is 19.5. The molecule has 3 N–H and O–H groups in total. The first-order valence-corrected chi connectivity index (χ1v) is 7.12. The van der Waals surface area contributed by atoms with Gasteiger partial charge in [0.15, 0.2) is 0 Å². The molecule has 0 fully saturated rings. The highest BCUT2D eigenvalue weighted by atomic mass is 16.1. The van der Waals surface area contributed by atoms with Gasteiger partial charge >= 0.3 is 0 Å². The van der Waals surface area contributed by atoms with Gasteiger partial charge in [-0.05, 0) is 30.3 Å². The smallest absolute Gasteiger partial charge is 0.261 e. The molecule has 0 bridgehead atoms. The van der Waals surface area contributed by atoms with E-state index in [9.17, 15) is 4.79 Å². The summed E-state index contributed by atoms with van der Waals surface area (Å²) in [5.41, 5.74) is 8.49. The molecule has 0 amide bonds. The highest BCUT2D eigenvalue weighted by Gasteiger charge is 2.15. The van der Waals surface area contributed by atoms with Crippen LogP contribution in [0.3, 0.4) is 0 Å². The van der Waals surface area contributed by atoms with Gasteiger partial charge in [-0.2, -0.15) is 5.10 Å². The molecule has 23 heavy (non-hydrogen) atoms. The number of nitrogens with zero attached hydrogens (tertiary/aromatic N) is 3. The van der Waals surface area contributed by atoms with Crippen LogP contribution in [0.4, 0.5) is 5.82 Å². The number of aromatic amines is 1. The monoisotopic (exact) mass is 303 g/mol. The number of fused-ring (bicyclic) bond motifs is 1. The number of pyridine rings is 2. The van der Waals surface area contributed by atoms with Gasteiger partial charge in [0.25, 0.3) is 5.56 Å². The van der Waals surface area contributed by atoms with Crippen LogP contribution in [0.2, 0.25) is 0 Å². The lowest BCUT2D eigenvalue weighted by molar-refractivity contribution is 0.907. The average Bonchev–Trinajstić information content (AvgIpc) is 2.94. The largest absolute Gasteiger partial charge is 0.383 e. The van der Waals surface area contributed by atoms with Crippen molar-refractivity contribution in [2.24, 2.45) is 0 Å². The van der Waals surface area contributed by atoms with E-state index in [1.54, 1.807) is 16.9 Å². The number of nitrogen functional groups attached to an aromatic ring is 1. The molecular weight excluding hydrogens is 290 g/mol. The van der Waals surface area contributed by atoms with Crippen LogP contribution in [0.25, 0.3) is 28.0 Å². The Morgan fingerprint density at radius 1 is 1.04 bits per heavy atom. The van der Waals surface area contributed by atoms with Crippen molar-refractivity contribution in [1.29, 1.82) is 0 Å². The van der Waals surface area contributed by atoms with Crippen molar-refractivity contribution in [3.63, 3.8) is 0 Å². The van der Waals surface area contributed by atoms with Crippen molar-refractivity contribution in [3.8, 4) is 17.1 Å². The summed E-state index contributed by atoms with van der Waals surface area (Å²) in [6, 6.07) is 16.8. The molecule has 3 aromatic heterocycles. The molecule has 0 atom stereocenters. The van der Waals surface area contributed by atoms with Gasteiger partial charge in [0.05, 0.1) is 17.1 Å². The van der Waals surface area contributed by atoms with Crippen LogP contribution < -0.4 is 11.3 Å². The van der Waals surface area contributed by atoms with E-state index in [-0.39, 0.29) is 5.56 Å². The van der Waals surface area contributed by atoms with E-state index in [4.69, 9.17) is 5.73 Å². The minimum Gasteiger partial charge on any atom is -0.383 e. The van der Waals surface area contributed by atoms with Crippen molar-refractivity contribution in [2.45, 2.75) is 0 Å². The van der Waals surface area contributed by atoms with Crippen LogP contribution in [-0.4, -0.2) is 19.7 Å². The van der Waals surface area contributed by atoms with Crippen molar-refractivity contribution < 1.29 is 0 Å². The summed E-state index contributed by atoms with van der Waals surface area (Å²) in [6.45, 7) is 0. The van der Waals surface area contributed by atoms with Crippen LogP contribution in [0.1, 0.15) is 0 Å². The lowest BCUT2D eigenvalue weighted by Crippen LogP contribution is -2.09. The summed E-state index contributed by atoms with van der Waals surface area (Å²) in [5, 5.41) is 4.86. The standard InChI is InChI=1S/C17H13N5O/c18-16-15-14(21-22(16)11-6-2-1-3-7-11)10-13(20-17(15)23)12-8-4-5-9-19-12/h1-10H,18H2,(H,20,23).